The third-order valence-electron chi connectivity index (χ3n) is 4.97. The van der Waals surface area contributed by atoms with Crippen molar-refractivity contribution >= 4 is 32.0 Å². The van der Waals surface area contributed by atoms with Crippen molar-refractivity contribution in [3.8, 4) is 56.0 Å². The van der Waals surface area contributed by atoms with Gasteiger partial charge in [0.1, 0.15) is 22.8 Å². The van der Waals surface area contributed by atoms with Crippen molar-refractivity contribution < 1.29 is 16.8 Å². The monoisotopic (exact) mass is 747 g/mol. The zero-order valence-corrected chi connectivity index (χ0v) is 26.4. The summed E-state index contributed by atoms with van der Waals surface area (Å²) in [4.78, 5) is 20.0. The molecule has 14 nitrogen and oxygen atoms in total. The first-order valence-electron chi connectivity index (χ1n) is 11.6. The summed E-state index contributed by atoms with van der Waals surface area (Å²) in [5.74, 6) is 14.0. The third kappa shape index (κ3) is 9.52. The molecule has 0 saturated carbocycles. The molecule has 0 bridgehead atoms. The Morgan fingerprint density at radius 3 is 0.860 bits per heavy atom. The van der Waals surface area contributed by atoms with E-state index >= 15 is 0 Å². The fraction of sp³-hybridized carbons (Fsp3) is 0. The number of rotatable bonds is 4. The van der Waals surface area contributed by atoms with Gasteiger partial charge in [-0.15, -0.1) is 20.4 Å². The van der Waals surface area contributed by atoms with Crippen molar-refractivity contribution in [2.24, 2.45) is 0 Å². The van der Waals surface area contributed by atoms with Gasteiger partial charge in [-0.3, -0.25) is 19.9 Å². The van der Waals surface area contributed by atoms with Crippen LogP contribution < -0.4 is 11.7 Å². The Labute approximate surface area is 273 Å². The van der Waals surface area contributed by atoms with Crippen LogP contribution in [0.25, 0.3) is 46.1 Å². The molecule has 0 amide bonds. The fourth-order valence-corrected chi connectivity index (χ4v) is 3.26. The molecule has 0 fully saturated rings. The molecule has 4 N–H and O–H groups in total. The fourth-order valence-electron chi connectivity index (χ4n) is 3.26. The maximum atomic E-state index is 7.26. The summed E-state index contributed by atoms with van der Waals surface area (Å²) in [6.07, 6.45) is 6.74. The van der Waals surface area contributed by atoms with Crippen LogP contribution in [-0.2, 0) is 16.8 Å². The van der Waals surface area contributed by atoms with Crippen molar-refractivity contribution in [2.45, 2.75) is 0 Å². The van der Waals surface area contributed by atoms with Crippen molar-refractivity contribution in [3.63, 3.8) is 0 Å². The van der Waals surface area contributed by atoms with Gasteiger partial charge in [0.15, 0.2) is 0 Å². The van der Waals surface area contributed by atoms with Gasteiger partial charge in [0, 0.05) is 24.8 Å². The molecule has 17 heteroatoms. The van der Waals surface area contributed by atoms with E-state index in [1.54, 1.807) is 34.7 Å². The van der Waals surface area contributed by atoms with E-state index in [9.17, 15) is 0 Å². The predicted molar refractivity (Wildman–Crippen MR) is 156 cm³/mol. The van der Waals surface area contributed by atoms with Gasteiger partial charge in [0.25, 0.3) is 0 Å². The molecule has 0 unspecified atom stereocenters. The Kier molecular flexibility index (Phi) is 14.7. The third-order valence-corrected chi connectivity index (χ3v) is 4.97. The molecule has 6 aromatic rings. The smallest absolute Gasteiger partial charge is 0.336 e. The van der Waals surface area contributed by atoms with E-state index in [2.05, 4.69) is 72.4 Å². The van der Waals surface area contributed by atoms with Gasteiger partial charge in [0.05, 0.1) is 0 Å². The average Bonchev–Trinajstić information content (AvgIpc) is 3.62. The van der Waals surface area contributed by atoms with Crippen LogP contribution in [0.3, 0.4) is 0 Å². The van der Waals surface area contributed by atoms with Crippen LogP contribution in [0.15, 0.2) is 97.6 Å². The molecule has 6 aromatic heterocycles. The van der Waals surface area contributed by atoms with Crippen LogP contribution in [0.2, 0.25) is 0 Å². The van der Waals surface area contributed by atoms with E-state index in [-0.39, 0.29) is 16.8 Å². The number of nitrogen functional groups attached to an aromatic ring is 2. The van der Waals surface area contributed by atoms with E-state index < -0.39 is 0 Å². The summed E-state index contributed by atoms with van der Waals surface area (Å²) >= 11 is 4.22. The second-order valence-corrected chi connectivity index (χ2v) is 8.24. The minimum atomic E-state index is 0. The molecule has 0 saturated heterocycles. The molecular weight excluding hydrogens is 725 g/mol. The Morgan fingerprint density at radius 1 is 0.488 bits per heavy atom. The average molecular weight is 745 g/mol. The van der Waals surface area contributed by atoms with E-state index in [1.165, 1.54) is 9.35 Å². The van der Waals surface area contributed by atoms with Gasteiger partial charge in [-0.05, 0) is 48.5 Å². The standard InChI is InChI=1S/2C12H10N6.2CHNSe.Co/c2*13-18-11(9-5-1-3-7-14-9)16-17-12(18)10-6-2-4-8-15-10;2*2-1-3;/h2*1-8H,13H2;2*3H;/q;;;;+2/p-2. The Bertz CT molecular complexity index is 1490. The quantitative estimate of drug-likeness (QED) is 0.194. The minimum Gasteiger partial charge on any atom is -0.336 e. The Balaban J connectivity index is 0.000000249. The number of pyridine rings is 4. The molecule has 0 aliphatic heterocycles. The number of hydrogen-bond acceptors (Lipinski definition) is 12. The molecule has 1 radical (unpaired) electrons. The maximum absolute atomic E-state index is 7.26. The van der Waals surface area contributed by atoms with E-state index in [1.807, 2.05) is 72.8 Å². The van der Waals surface area contributed by atoms with Gasteiger partial charge in [-0.1, -0.05) is 24.3 Å². The summed E-state index contributed by atoms with van der Waals surface area (Å²) < 4.78 is 2.79. The maximum Gasteiger partial charge on any atom is 2.00 e. The first kappa shape index (κ1) is 34.2. The minimum absolute atomic E-state index is 0. The number of nitrogens with zero attached hydrogens (tertiary/aromatic N) is 12. The van der Waals surface area contributed by atoms with Crippen LogP contribution in [0.5, 0.6) is 0 Å². The molecule has 0 spiro atoms. The van der Waals surface area contributed by atoms with Crippen molar-refractivity contribution in [1.29, 1.82) is 10.5 Å². The van der Waals surface area contributed by atoms with Crippen molar-refractivity contribution in [3.05, 3.63) is 97.6 Å². The van der Waals surface area contributed by atoms with Crippen LogP contribution in [0.1, 0.15) is 0 Å². The summed E-state index contributed by atoms with van der Waals surface area (Å²) in [7, 11) is 0. The summed E-state index contributed by atoms with van der Waals surface area (Å²) in [6.45, 7) is 0. The molecule has 0 aliphatic carbocycles. The molecule has 0 aromatic carbocycles. The normalized spacial score (nSPS) is 9.07. The molecule has 43 heavy (non-hydrogen) atoms. The van der Waals surface area contributed by atoms with E-state index in [0.29, 0.717) is 46.1 Å². The number of aromatic nitrogens is 10. The molecule has 6 heterocycles. The molecule has 6 rings (SSSR count). The second-order valence-electron chi connectivity index (χ2n) is 7.48. The summed E-state index contributed by atoms with van der Waals surface area (Å²) in [6, 6.07) is 22.1. The topological polar surface area (TPSA) is 213 Å². The van der Waals surface area contributed by atoms with Crippen molar-refractivity contribution in [2.75, 3.05) is 11.7 Å². The van der Waals surface area contributed by atoms with Gasteiger partial charge in [-0.2, -0.15) is 0 Å². The van der Waals surface area contributed by atoms with Crippen LogP contribution in [0.4, 0.5) is 0 Å². The van der Waals surface area contributed by atoms with Gasteiger partial charge >= 0.3 is 69.3 Å². The van der Waals surface area contributed by atoms with Gasteiger partial charge in [0.2, 0.25) is 23.3 Å². The summed E-state index contributed by atoms with van der Waals surface area (Å²) in [5.41, 5.74) is 2.70. The number of nitriles is 2. The molecule has 215 valence electrons. The second kappa shape index (κ2) is 18.4. The van der Waals surface area contributed by atoms with Crippen LogP contribution >= 0.6 is 0 Å². The largest absolute Gasteiger partial charge is 2.00 e. The van der Waals surface area contributed by atoms with Crippen LogP contribution in [-0.4, -0.2) is 81.7 Å². The molecule has 0 atom stereocenters. The van der Waals surface area contributed by atoms with Crippen LogP contribution in [0, 0.1) is 20.5 Å². The SMILES string of the molecule is N#C[Se-].N#C[Se-].Nn1c(-c2ccccn2)nnc1-c1ccccn1.Nn1c(-c2ccccn2)nnc1-c1ccccn1.[Co+2]. The predicted octanol–water partition coefficient (Wildman–Crippen LogP) is 1.50. The van der Waals surface area contributed by atoms with Gasteiger partial charge in [-0.25, -0.2) is 9.35 Å². The summed E-state index contributed by atoms with van der Waals surface area (Å²) in [5, 5.41) is 30.7. The Hall–Kier alpha value is -4.99. The van der Waals surface area contributed by atoms with E-state index in [4.69, 9.17) is 22.2 Å². The first-order chi connectivity index (χ1) is 20.5. The number of hydrogen-bond donors (Lipinski definition) is 2. The number of nitrogens with two attached hydrogens (primary N) is 2. The zero-order valence-electron chi connectivity index (χ0n) is 21.9. The van der Waals surface area contributed by atoms with Crippen molar-refractivity contribution in [1.82, 2.24) is 49.7 Å². The molecule has 0 aliphatic rings. The zero-order chi connectivity index (χ0) is 30.2. The van der Waals surface area contributed by atoms with Gasteiger partial charge < -0.3 is 11.7 Å². The Morgan fingerprint density at radius 2 is 0.698 bits per heavy atom. The van der Waals surface area contributed by atoms with E-state index in [0.717, 1.165) is 0 Å². The first-order valence-corrected chi connectivity index (χ1v) is 13.4. The molecular formula is C26H20CoN14Se2.